The van der Waals surface area contributed by atoms with Crippen LogP contribution in [0.5, 0.6) is 0 Å². The SMILES string of the molecule is CC/C=C\C/C=C\C/C=C\C/C=C\C/C=C\CCC(=O)OCC(COC(=O)CCCCC/C=C\C=C/CCCC)OC(=O)CCCCCCCCCCCCCCCC. The largest absolute Gasteiger partial charge is 0.462 e. The summed E-state index contributed by atoms with van der Waals surface area (Å²) in [4.78, 5) is 37.8. The monoisotopic (exact) mass is 821 g/mol. The van der Waals surface area contributed by atoms with Crippen LogP contribution in [-0.4, -0.2) is 37.2 Å². The van der Waals surface area contributed by atoms with Crippen LogP contribution >= 0.6 is 0 Å². The van der Waals surface area contributed by atoms with Crippen LogP contribution in [0.25, 0.3) is 0 Å². The number of unbranched alkanes of at least 4 members (excludes halogenated alkanes) is 18. The van der Waals surface area contributed by atoms with Gasteiger partial charge in [-0.25, -0.2) is 0 Å². The average molecular weight is 821 g/mol. The minimum absolute atomic E-state index is 0.113. The van der Waals surface area contributed by atoms with E-state index in [0.29, 0.717) is 19.3 Å². The van der Waals surface area contributed by atoms with Gasteiger partial charge in [-0.05, 0) is 70.6 Å². The summed E-state index contributed by atoms with van der Waals surface area (Å²) >= 11 is 0. The zero-order valence-corrected chi connectivity index (χ0v) is 38.2. The summed E-state index contributed by atoms with van der Waals surface area (Å²) in [5, 5.41) is 0. The lowest BCUT2D eigenvalue weighted by Gasteiger charge is -2.18. The zero-order chi connectivity index (χ0) is 43.0. The molecule has 0 heterocycles. The molecule has 0 aliphatic rings. The number of rotatable bonds is 42. The molecule has 0 fully saturated rings. The Labute approximate surface area is 363 Å². The fraction of sp³-hybridized carbons (Fsp3) is 0.679. The molecule has 59 heavy (non-hydrogen) atoms. The molecule has 0 saturated carbocycles. The van der Waals surface area contributed by atoms with Crippen LogP contribution in [0.4, 0.5) is 0 Å². The number of carbonyl (C=O) groups excluding carboxylic acids is 3. The summed E-state index contributed by atoms with van der Waals surface area (Å²) < 4.78 is 16.6. The summed E-state index contributed by atoms with van der Waals surface area (Å²) in [6, 6.07) is 0. The molecular formula is C53H88O6. The van der Waals surface area contributed by atoms with Crippen molar-refractivity contribution >= 4 is 17.9 Å². The van der Waals surface area contributed by atoms with Gasteiger partial charge in [0.25, 0.3) is 0 Å². The van der Waals surface area contributed by atoms with E-state index in [0.717, 1.165) is 83.5 Å². The minimum Gasteiger partial charge on any atom is -0.462 e. The van der Waals surface area contributed by atoms with Gasteiger partial charge in [0.2, 0.25) is 0 Å². The number of carbonyl (C=O) groups is 3. The first kappa shape index (κ1) is 55.6. The Hall–Kier alpha value is -3.41. The lowest BCUT2D eigenvalue weighted by molar-refractivity contribution is -0.166. The molecule has 0 rings (SSSR count). The highest BCUT2D eigenvalue weighted by atomic mass is 16.6. The van der Waals surface area contributed by atoms with Gasteiger partial charge in [0.05, 0.1) is 0 Å². The van der Waals surface area contributed by atoms with E-state index in [1.165, 1.54) is 83.5 Å². The van der Waals surface area contributed by atoms with E-state index >= 15 is 0 Å². The number of hydrogen-bond donors (Lipinski definition) is 0. The third-order valence-corrected chi connectivity index (χ3v) is 9.93. The number of allylic oxidation sites excluding steroid dienone is 14. The predicted octanol–water partition coefficient (Wildman–Crippen LogP) is 15.6. The smallest absolute Gasteiger partial charge is 0.306 e. The van der Waals surface area contributed by atoms with E-state index in [-0.39, 0.29) is 37.5 Å². The maximum atomic E-state index is 12.7. The van der Waals surface area contributed by atoms with E-state index < -0.39 is 6.10 Å². The summed E-state index contributed by atoms with van der Waals surface area (Å²) in [6.45, 7) is 6.37. The maximum absolute atomic E-state index is 12.7. The van der Waals surface area contributed by atoms with Gasteiger partial charge in [-0.2, -0.15) is 0 Å². The second-order valence-corrected chi connectivity index (χ2v) is 15.7. The van der Waals surface area contributed by atoms with Gasteiger partial charge < -0.3 is 14.2 Å². The van der Waals surface area contributed by atoms with Crippen LogP contribution in [-0.2, 0) is 28.6 Å². The Kier molecular flexibility index (Phi) is 44.5. The second kappa shape index (κ2) is 47.3. The van der Waals surface area contributed by atoms with Gasteiger partial charge >= 0.3 is 17.9 Å². The number of ether oxygens (including phenoxy) is 3. The van der Waals surface area contributed by atoms with Gasteiger partial charge in [0.1, 0.15) is 13.2 Å². The number of esters is 3. The standard InChI is InChI=1S/C53H88O6/c1-4-7-10-13-16-19-22-24-26-27-29-31-34-37-40-43-46-52(55)58-49-50(48-57-51(54)45-42-39-36-33-30-21-18-15-12-9-6-3)59-53(56)47-44-41-38-35-32-28-25-23-20-17-14-11-8-5-2/h7,10,15-16,18-19,21,24,26,29-31,37,40,50H,4-6,8-9,11-14,17,20,22-23,25,27-28,32-36,38-39,41-49H2,1-3H3/b10-7-,18-15-,19-16-,26-24-,30-21-,31-29-,40-37-. The molecule has 0 aromatic carbocycles. The fourth-order valence-electron chi connectivity index (χ4n) is 6.29. The van der Waals surface area contributed by atoms with Crippen LogP contribution in [0.15, 0.2) is 85.1 Å². The molecule has 0 aliphatic heterocycles. The van der Waals surface area contributed by atoms with Gasteiger partial charge in [-0.15, -0.1) is 0 Å². The molecule has 6 heteroatoms. The van der Waals surface area contributed by atoms with Gasteiger partial charge in [0.15, 0.2) is 6.10 Å². The van der Waals surface area contributed by atoms with E-state index in [9.17, 15) is 14.4 Å². The predicted molar refractivity (Wildman–Crippen MR) is 251 cm³/mol. The van der Waals surface area contributed by atoms with Crippen LogP contribution in [0.2, 0.25) is 0 Å². The van der Waals surface area contributed by atoms with Gasteiger partial charge in [0, 0.05) is 19.3 Å². The van der Waals surface area contributed by atoms with E-state index in [2.05, 4.69) is 93.7 Å². The lowest BCUT2D eigenvalue weighted by atomic mass is 10.0. The molecule has 1 atom stereocenters. The van der Waals surface area contributed by atoms with Gasteiger partial charge in [-0.1, -0.05) is 209 Å². The van der Waals surface area contributed by atoms with Crippen LogP contribution in [0.1, 0.15) is 213 Å². The summed E-state index contributed by atoms with van der Waals surface area (Å²) in [5.74, 6) is -1.03. The van der Waals surface area contributed by atoms with Crippen molar-refractivity contribution in [3.05, 3.63) is 85.1 Å². The van der Waals surface area contributed by atoms with Crippen LogP contribution < -0.4 is 0 Å². The summed E-state index contributed by atoms with van der Waals surface area (Å²) in [5.41, 5.74) is 0. The first-order chi connectivity index (χ1) is 29.0. The topological polar surface area (TPSA) is 78.9 Å². The van der Waals surface area contributed by atoms with Crippen molar-refractivity contribution in [2.45, 2.75) is 219 Å². The first-order valence-corrected chi connectivity index (χ1v) is 24.1. The number of hydrogen-bond acceptors (Lipinski definition) is 6. The average Bonchev–Trinajstić information content (AvgIpc) is 3.23. The lowest BCUT2D eigenvalue weighted by Crippen LogP contribution is -2.30. The van der Waals surface area contributed by atoms with Crippen molar-refractivity contribution < 1.29 is 28.6 Å². The van der Waals surface area contributed by atoms with Crippen LogP contribution in [0, 0.1) is 0 Å². The second-order valence-electron chi connectivity index (χ2n) is 15.7. The third-order valence-electron chi connectivity index (χ3n) is 9.93. The molecule has 0 radical (unpaired) electrons. The molecule has 336 valence electrons. The first-order valence-electron chi connectivity index (χ1n) is 24.1. The minimum atomic E-state index is -0.814. The van der Waals surface area contributed by atoms with E-state index in [1.807, 2.05) is 12.2 Å². The Morgan fingerprint density at radius 2 is 0.763 bits per heavy atom. The van der Waals surface area contributed by atoms with Crippen LogP contribution in [0.3, 0.4) is 0 Å². The van der Waals surface area contributed by atoms with Crippen molar-refractivity contribution in [3.63, 3.8) is 0 Å². The highest BCUT2D eigenvalue weighted by molar-refractivity contribution is 5.71. The zero-order valence-electron chi connectivity index (χ0n) is 38.2. The quantitative estimate of drug-likeness (QED) is 0.0201. The molecule has 6 nitrogen and oxygen atoms in total. The van der Waals surface area contributed by atoms with E-state index in [1.54, 1.807) is 0 Å². The third kappa shape index (κ3) is 45.5. The summed E-state index contributed by atoms with van der Waals surface area (Å²) in [7, 11) is 0. The highest BCUT2D eigenvalue weighted by Crippen LogP contribution is 2.14. The van der Waals surface area contributed by atoms with Crippen molar-refractivity contribution in [2.24, 2.45) is 0 Å². The molecule has 0 aromatic rings. The normalized spacial score (nSPS) is 12.8. The fourth-order valence-corrected chi connectivity index (χ4v) is 6.29. The van der Waals surface area contributed by atoms with Crippen molar-refractivity contribution in [3.8, 4) is 0 Å². The van der Waals surface area contributed by atoms with E-state index in [4.69, 9.17) is 14.2 Å². The molecule has 0 bridgehead atoms. The van der Waals surface area contributed by atoms with Crippen molar-refractivity contribution in [2.75, 3.05) is 13.2 Å². The highest BCUT2D eigenvalue weighted by Gasteiger charge is 2.19. The Morgan fingerprint density at radius 3 is 1.25 bits per heavy atom. The molecule has 1 unspecified atom stereocenters. The molecular weight excluding hydrogens is 733 g/mol. The molecule has 0 spiro atoms. The molecule has 0 saturated heterocycles. The maximum Gasteiger partial charge on any atom is 0.306 e. The molecule has 0 aromatic heterocycles. The Morgan fingerprint density at radius 1 is 0.373 bits per heavy atom. The molecule has 0 N–H and O–H groups in total. The molecule has 0 aliphatic carbocycles. The molecule has 0 amide bonds. The Bertz CT molecular complexity index is 1170. The summed E-state index contributed by atoms with van der Waals surface area (Å²) in [6.07, 6.45) is 60.1. The van der Waals surface area contributed by atoms with Crippen molar-refractivity contribution in [1.29, 1.82) is 0 Å². The Balaban J connectivity index is 4.52. The van der Waals surface area contributed by atoms with Gasteiger partial charge in [-0.3, -0.25) is 14.4 Å². The van der Waals surface area contributed by atoms with Crippen molar-refractivity contribution in [1.82, 2.24) is 0 Å².